The summed E-state index contributed by atoms with van der Waals surface area (Å²) < 4.78 is 0. The van der Waals surface area contributed by atoms with Gasteiger partial charge in [0.15, 0.2) is 0 Å². The van der Waals surface area contributed by atoms with E-state index in [2.05, 4.69) is 27.0 Å². The lowest BCUT2D eigenvalue weighted by atomic mass is 9.74. The van der Waals surface area contributed by atoms with E-state index in [9.17, 15) is 0 Å². The van der Waals surface area contributed by atoms with Crippen molar-refractivity contribution in [3.8, 4) is 0 Å². The average Bonchev–Trinajstić information content (AvgIpc) is 2.83. The molecule has 2 aliphatic rings. The van der Waals surface area contributed by atoms with Crippen LogP contribution in [0.2, 0.25) is 0 Å². The monoisotopic (exact) mass is 250 g/mol. The van der Waals surface area contributed by atoms with E-state index < -0.39 is 0 Å². The molecule has 0 aromatic carbocycles. The second-order valence-electron chi connectivity index (χ2n) is 5.73. The third-order valence-electron chi connectivity index (χ3n) is 4.29. The van der Waals surface area contributed by atoms with Gasteiger partial charge in [0.2, 0.25) is 0 Å². The summed E-state index contributed by atoms with van der Waals surface area (Å²) in [6, 6.07) is 2.27. The van der Waals surface area contributed by atoms with Gasteiger partial charge in [-0.15, -0.1) is 0 Å². The Morgan fingerprint density at radius 2 is 2.29 bits per heavy atom. The van der Waals surface area contributed by atoms with Gasteiger partial charge in [-0.25, -0.2) is 0 Å². The van der Waals surface area contributed by atoms with Gasteiger partial charge in [0, 0.05) is 19.6 Å². The molecule has 3 rings (SSSR count). The molecule has 1 spiro atoms. The van der Waals surface area contributed by atoms with Gasteiger partial charge in [-0.1, -0.05) is 0 Å². The predicted molar refractivity (Wildman–Crippen MR) is 73.4 cm³/mol. The fourth-order valence-electron chi connectivity index (χ4n) is 3.46. The van der Waals surface area contributed by atoms with Crippen molar-refractivity contribution >= 4 is 11.3 Å². The highest BCUT2D eigenvalue weighted by Crippen LogP contribution is 2.36. The normalized spacial score (nSPS) is 30.8. The number of nitrogens with one attached hydrogen (secondary N) is 1. The highest BCUT2D eigenvalue weighted by molar-refractivity contribution is 7.07. The molecular weight excluding hydrogens is 228 g/mol. The van der Waals surface area contributed by atoms with Crippen LogP contribution in [0.15, 0.2) is 16.8 Å². The highest BCUT2D eigenvalue weighted by atomic mass is 32.1. The van der Waals surface area contributed by atoms with Crippen LogP contribution in [0.25, 0.3) is 0 Å². The Bertz CT molecular complexity index is 336. The van der Waals surface area contributed by atoms with Crippen molar-refractivity contribution in [2.45, 2.75) is 32.2 Å². The van der Waals surface area contributed by atoms with Crippen LogP contribution in [0.3, 0.4) is 0 Å². The molecule has 1 unspecified atom stereocenters. The SMILES string of the molecule is c1cc(CN2CCCC3(CCCNC3)C2)cs1. The van der Waals surface area contributed by atoms with Crippen LogP contribution < -0.4 is 5.32 Å². The lowest BCUT2D eigenvalue weighted by molar-refractivity contribution is 0.0601. The van der Waals surface area contributed by atoms with E-state index in [1.165, 1.54) is 57.4 Å². The van der Waals surface area contributed by atoms with Crippen molar-refractivity contribution in [1.29, 1.82) is 0 Å². The summed E-state index contributed by atoms with van der Waals surface area (Å²) in [5, 5.41) is 8.08. The Morgan fingerprint density at radius 1 is 1.35 bits per heavy atom. The van der Waals surface area contributed by atoms with E-state index in [-0.39, 0.29) is 0 Å². The van der Waals surface area contributed by atoms with Crippen molar-refractivity contribution in [2.75, 3.05) is 26.2 Å². The molecular formula is C14H22N2S. The summed E-state index contributed by atoms with van der Waals surface area (Å²) in [6.07, 6.45) is 5.61. The summed E-state index contributed by atoms with van der Waals surface area (Å²) in [5.74, 6) is 0. The van der Waals surface area contributed by atoms with Crippen molar-refractivity contribution < 1.29 is 0 Å². The number of thiophene rings is 1. The summed E-state index contributed by atoms with van der Waals surface area (Å²) in [6.45, 7) is 6.22. The maximum absolute atomic E-state index is 3.60. The fourth-order valence-corrected chi connectivity index (χ4v) is 4.12. The van der Waals surface area contributed by atoms with Crippen molar-refractivity contribution in [3.63, 3.8) is 0 Å². The molecule has 3 heteroatoms. The molecule has 1 aromatic rings. The Morgan fingerprint density at radius 3 is 3.06 bits per heavy atom. The molecule has 2 saturated heterocycles. The molecule has 0 radical (unpaired) electrons. The Labute approximate surface area is 108 Å². The minimum absolute atomic E-state index is 0.590. The first-order valence-corrected chi connectivity index (χ1v) is 7.75. The fraction of sp³-hybridized carbons (Fsp3) is 0.714. The smallest absolute Gasteiger partial charge is 0.0242 e. The molecule has 0 aliphatic carbocycles. The van der Waals surface area contributed by atoms with E-state index in [1.807, 2.05) is 11.3 Å². The average molecular weight is 250 g/mol. The summed E-state index contributed by atoms with van der Waals surface area (Å²) >= 11 is 1.82. The van der Waals surface area contributed by atoms with Gasteiger partial charge in [-0.2, -0.15) is 11.3 Å². The van der Waals surface area contributed by atoms with Gasteiger partial charge in [0.25, 0.3) is 0 Å². The van der Waals surface area contributed by atoms with Crippen LogP contribution in [-0.4, -0.2) is 31.1 Å². The van der Waals surface area contributed by atoms with Gasteiger partial charge in [-0.3, -0.25) is 4.90 Å². The second kappa shape index (κ2) is 5.09. The summed E-state index contributed by atoms with van der Waals surface area (Å²) in [5.41, 5.74) is 2.09. The molecule has 0 saturated carbocycles. The van der Waals surface area contributed by atoms with Gasteiger partial charge in [0.05, 0.1) is 0 Å². The van der Waals surface area contributed by atoms with E-state index in [0.717, 1.165) is 6.54 Å². The van der Waals surface area contributed by atoms with Crippen molar-refractivity contribution in [2.24, 2.45) is 5.41 Å². The van der Waals surface area contributed by atoms with E-state index in [4.69, 9.17) is 0 Å². The maximum atomic E-state index is 3.60. The van der Waals surface area contributed by atoms with Crippen LogP contribution in [0.5, 0.6) is 0 Å². The third kappa shape index (κ3) is 2.72. The largest absolute Gasteiger partial charge is 0.316 e. The lowest BCUT2D eigenvalue weighted by Gasteiger charge is -2.45. The van der Waals surface area contributed by atoms with Gasteiger partial charge >= 0.3 is 0 Å². The summed E-state index contributed by atoms with van der Waals surface area (Å²) in [7, 11) is 0. The molecule has 94 valence electrons. The van der Waals surface area contributed by atoms with Gasteiger partial charge < -0.3 is 5.32 Å². The Balaban J connectivity index is 1.62. The highest BCUT2D eigenvalue weighted by Gasteiger charge is 2.36. The number of rotatable bonds is 2. The zero-order chi connectivity index (χ0) is 11.6. The quantitative estimate of drug-likeness (QED) is 0.868. The zero-order valence-corrected chi connectivity index (χ0v) is 11.3. The lowest BCUT2D eigenvalue weighted by Crippen LogP contribution is -2.50. The zero-order valence-electron chi connectivity index (χ0n) is 10.5. The molecule has 17 heavy (non-hydrogen) atoms. The molecule has 0 bridgehead atoms. The van der Waals surface area contributed by atoms with Gasteiger partial charge in [-0.05, 0) is 66.6 Å². The Kier molecular flexibility index (Phi) is 3.50. The number of piperidine rings is 2. The number of nitrogens with zero attached hydrogens (tertiary/aromatic N) is 1. The first kappa shape index (κ1) is 11.7. The Hall–Kier alpha value is -0.380. The molecule has 3 heterocycles. The number of hydrogen-bond acceptors (Lipinski definition) is 3. The standard InChI is InChI=1S/C14H22N2S/c1-4-14(11-15-6-1)5-2-7-16(12-14)9-13-3-8-17-10-13/h3,8,10,15H,1-2,4-7,9,11-12H2. The second-order valence-corrected chi connectivity index (χ2v) is 6.51. The first-order chi connectivity index (χ1) is 8.36. The van der Waals surface area contributed by atoms with Crippen LogP contribution in [0, 0.1) is 5.41 Å². The minimum atomic E-state index is 0.590. The van der Waals surface area contributed by atoms with E-state index in [1.54, 1.807) is 0 Å². The maximum Gasteiger partial charge on any atom is 0.0242 e. The molecule has 0 amide bonds. The third-order valence-corrected chi connectivity index (χ3v) is 5.02. The molecule has 2 aliphatic heterocycles. The van der Waals surface area contributed by atoms with Crippen LogP contribution in [0.4, 0.5) is 0 Å². The van der Waals surface area contributed by atoms with E-state index in [0.29, 0.717) is 5.41 Å². The number of likely N-dealkylation sites (tertiary alicyclic amines) is 1. The molecule has 1 N–H and O–H groups in total. The van der Waals surface area contributed by atoms with Crippen LogP contribution >= 0.6 is 11.3 Å². The molecule has 1 aromatic heterocycles. The van der Waals surface area contributed by atoms with Gasteiger partial charge in [0.1, 0.15) is 0 Å². The molecule has 1 atom stereocenters. The number of hydrogen-bond donors (Lipinski definition) is 1. The van der Waals surface area contributed by atoms with E-state index >= 15 is 0 Å². The van der Waals surface area contributed by atoms with Crippen LogP contribution in [0.1, 0.15) is 31.2 Å². The topological polar surface area (TPSA) is 15.3 Å². The first-order valence-electron chi connectivity index (χ1n) is 6.81. The predicted octanol–water partition coefficient (Wildman–Crippen LogP) is 2.71. The van der Waals surface area contributed by atoms with Crippen LogP contribution in [-0.2, 0) is 6.54 Å². The molecule has 2 fully saturated rings. The summed E-state index contributed by atoms with van der Waals surface area (Å²) in [4.78, 5) is 2.67. The van der Waals surface area contributed by atoms with Crippen molar-refractivity contribution in [1.82, 2.24) is 10.2 Å². The van der Waals surface area contributed by atoms with Crippen molar-refractivity contribution in [3.05, 3.63) is 22.4 Å². The molecule has 2 nitrogen and oxygen atoms in total. The minimum Gasteiger partial charge on any atom is -0.316 e.